The molecule has 184 valence electrons. The molecule has 1 aliphatic heterocycles. The number of morpholine rings is 1. The van der Waals surface area contributed by atoms with Crippen LogP contribution in [-0.2, 0) is 9.53 Å². The Morgan fingerprint density at radius 3 is 2.62 bits per heavy atom. The highest BCUT2D eigenvalue weighted by atomic mass is 35.5. The number of thioether (sulfide) groups is 1. The monoisotopic (exact) mass is 519 g/mol. The molecule has 34 heavy (non-hydrogen) atoms. The van der Waals surface area contributed by atoms with Crippen molar-refractivity contribution in [2.75, 3.05) is 50.0 Å². The van der Waals surface area contributed by atoms with E-state index in [1.807, 2.05) is 22.7 Å². The smallest absolute Gasteiger partial charge is 0.228 e. The van der Waals surface area contributed by atoms with Crippen LogP contribution in [0.25, 0.3) is 10.2 Å². The van der Waals surface area contributed by atoms with Gasteiger partial charge in [-0.25, -0.2) is 4.98 Å². The third-order valence-electron chi connectivity index (χ3n) is 6.03. The van der Waals surface area contributed by atoms with Crippen LogP contribution in [0, 0.1) is 13.8 Å². The zero-order chi connectivity index (χ0) is 23.0. The van der Waals surface area contributed by atoms with Gasteiger partial charge in [0.2, 0.25) is 5.91 Å². The van der Waals surface area contributed by atoms with Crippen LogP contribution in [0.15, 0.2) is 47.4 Å². The quantitative estimate of drug-likeness (QED) is 0.244. The van der Waals surface area contributed by atoms with Crippen LogP contribution in [0.2, 0.25) is 0 Å². The van der Waals surface area contributed by atoms with Crippen LogP contribution in [0.4, 0.5) is 5.13 Å². The molecule has 1 amide bonds. The number of aryl methyl sites for hydroxylation is 2. The fourth-order valence-corrected chi connectivity index (χ4v) is 5.92. The summed E-state index contributed by atoms with van der Waals surface area (Å²) in [6, 6.07) is 14.7. The second kappa shape index (κ2) is 13.4. The molecule has 0 spiro atoms. The number of aromatic nitrogens is 1. The Bertz CT molecular complexity index is 1020. The van der Waals surface area contributed by atoms with E-state index in [0.717, 1.165) is 66.8 Å². The first kappa shape index (κ1) is 27.0. The van der Waals surface area contributed by atoms with Crippen molar-refractivity contribution in [2.24, 2.45) is 0 Å². The fraction of sp³-hybridized carbons (Fsp3) is 0.462. The molecule has 0 atom stereocenters. The third-order valence-corrected chi connectivity index (χ3v) is 8.17. The number of nitrogens with zero attached hydrogens (tertiary/aromatic N) is 3. The fourth-order valence-electron chi connectivity index (χ4n) is 3.95. The number of carbonyl (C=O) groups is 1. The van der Waals surface area contributed by atoms with Gasteiger partial charge in [-0.2, -0.15) is 0 Å². The number of halogens is 1. The molecule has 0 N–H and O–H groups in total. The summed E-state index contributed by atoms with van der Waals surface area (Å²) in [5, 5.41) is 0.831. The first-order chi connectivity index (χ1) is 16.1. The van der Waals surface area contributed by atoms with Crippen molar-refractivity contribution in [2.45, 2.75) is 38.0 Å². The summed E-state index contributed by atoms with van der Waals surface area (Å²) in [5.74, 6) is 1.12. The maximum absolute atomic E-state index is 13.3. The van der Waals surface area contributed by atoms with Crippen molar-refractivity contribution in [3.05, 3.63) is 53.6 Å². The van der Waals surface area contributed by atoms with Crippen molar-refractivity contribution in [1.82, 2.24) is 9.88 Å². The van der Waals surface area contributed by atoms with E-state index in [0.29, 0.717) is 13.0 Å². The molecule has 1 fully saturated rings. The van der Waals surface area contributed by atoms with Gasteiger partial charge in [0, 0.05) is 37.5 Å². The summed E-state index contributed by atoms with van der Waals surface area (Å²) in [7, 11) is 0. The molecular weight excluding hydrogens is 486 g/mol. The number of amides is 1. The zero-order valence-electron chi connectivity index (χ0n) is 20.0. The Kier molecular flexibility index (Phi) is 10.7. The maximum atomic E-state index is 13.3. The molecule has 5 nitrogen and oxygen atoms in total. The van der Waals surface area contributed by atoms with Gasteiger partial charge in [-0.15, -0.1) is 24.2 Å². The molecule has 8 heteroatoms. The van der Waals surface area contributed by atoms with E-state index in [4.69, 9.17) is 9.72 Å². The summed E-state index contributed by atoms with van der Waals surface area (Å²) in [4.78, 5) is 23.8. The molecule has 0 saturated carbocycles. The molecule has 3 aromatic rings. The standard InChI is InChI=1S/C26H33N3O2S2.ClH/c1-20-18-23-24(19-21(20)2)33-26(27-23)29(12-7-11-28-13-15-31-16-14-28)25(30)10-6-17-32-22-8-4-3-5-9-22;/h3-5,8-9,18-19H,6-7,10-17H2,1-2H3;1H. The van der Waals surface area contributed by atoms with Crippen LogP contribution in [0.5, 0.6) is 0 Å². The van der Waals surface area contributed by atoms with Crippen molar-refractivity contribution in [3.63, 3.8) is 0 Å². The predicted molar refractivity (Wildman–Crippen MR) is 147 cm³/mol. The van der Waals surface area contributed by atoms with Crippen molar-refractivity contribution in [1.29, 1.82) is 0 Å². The zero-order valence-corrected chi connectivity index (χ0v) is 22.4. The number of ether oxygens (including phenoxy) is 1. The highest BCUT2D eigenvalue weighted by Gasteiger charge is 2.20. The minimum Gasteiger partial charge on any atom is -0.379 e. The molecule has 0 bridgehead atoms. The van der Waals surface area contributed by atoms with E-state index in [9.17, 15) is 4.79 Å². The van der Waals surface area contributed by atoms with Gasteiger partial charge in [-0.3, -0.25) is 14.6 Å². The highest BCUT2D eigenvalue weighted by molar-refractivity contribution is 7.99. The first-order valence-corrected chi connectivity index (χ1v) is 13.6. The van der Waals surface area contributed by atoms with Crippen LogP contribution >= 0.6 is 35.5 Å². The van der Waals surface area contributed by atoms with Gasteiger partial charge in [0.05, 0.1) is 23.4 Å². The summed E-state index contributed by atoms with van der Waals surface area (Å²) in [6.45, 7) is 9.50. The summed E-state index contributed by atoms with van der Waals surface area (Å²) in [5.41, 5.74) is 3.49. The van der Waals surface area contributed by atoms with Crippen LogP contribution in [-0.4, -0.2) is 60.9 Å². The number of hydrogen-bond donors (Lipinski definition) is 0. The van der Waals surface area contributed by atoms with Gasteiger partial charge in [-0.05, 0) is 67.8 Å². The van der Waals surface area contributed by atoms with E-state index < -0.39 is 0 Å². The van der Waals surface area contributed by atoms with Gasteiger partial charge in [0.1, 0.15) is 0 Å². The Labute approximate surface area is 217 Å². The molecule has 1 aliphatic rings. The second-order valence-corrected chi connectivity index (χ2v) is 10.7. The molecule has 1 saturated heterocycles. The predicted octanol–water partition coefficient (Wildman–Crippen LogP) is 5.96. The van der Waals surface area contributed by atoms with Crippen LogP contribution < -0.4 is 4.90 Å². The molecule has 0 radical (unpaired) electrons. The van der Waals surface area contributed by atoms with Gasteiger partial charge in [0.25, 0.3) is 0 Å². The number of anilines is 1. The van der Waals surface area contributed by atoms with Crippen molar-refractivity contribution < 1.29 is 9.53 Å². The van der Waals surface area contributed by atoms with E-state index in [1.165, 1.54) is 16.0 Å². The van der Waals surface area contributed by atoms with Gasteiger partial charge in [-0.1, -0.05) is 29.5 Å². The lowest BCUT2D eigenvalue weighted by molar-refractivity contribution is -0.118. The van der Waals surface area contributed by atoms with E-state index >= 15 is 0 Å². The molecule has 2 heterocycles. The number of carbonyl (C=O) groups excluding carboxylic acids is 1. The number of hydrogen-bond acceptors (Lipinski definition) is 6. The Morgan fingerprint density at radius 1 is 1.12 bits per heavy atom. The minimum absolute atomic E-state index is 0. The van der Waals surface area contributed by atoms with E-state index in [2.05, 4.69) is 55.1 Å². The van der Waals surface area contributed by atoms with Gasteiger partial charge < -0.3 is 4.74 Å². The number of fused-ring (bicyclic) bond motifs is 1. The molecule has 4 rings (SSSR count). The summed E-state index contributed by atoms with van der Waals surface area (Å²) < 4.78 is 6.61. The van der Waals surface area contributed by atoms with E-state index in [1.54, 1.807) is 11.3 Å². The second-order valence-electron chi connectivity index (χ2n) is 8.52. The number of rotatable bonds is 10. The van der Waals surface area contributed by atoms with Crippen molar-refractivity contribution >= 4 is 56.8 Å². The summed E-state index contributed by atoms with van der Waals surface area (Å²) in [6.07, 6.45) is 2.35. The lowest BCUT2D eigenvalue weighted by atomic mass is 10.1. The average molecular weight is 520 g/mol. The molecule has 0 aliphatic carbocycles. The molecular formula is C26H34ClN3O2S2. The topological polar surface area (TPSA) is 45.7 Å². The van der Waals surface area contributed by atoms with Gasteiger partial charge in [0.15, 0.2) is 5.13 Å². The van der Waals surface area contributed by atoms with Crippen LogP contribution in [0.1, 0.15) is 30.4 Å². The van der Waals surface area contributed by atoms with Crippen molar-refractivity contribution in [3.8, 4) is 0 Å². The average Bonchev–Trinajstić information content (AvgIpc) is 3.23. The number of thiazole rings is 1. The third kappa shape index (κ3) is 7.43. The normalized spacial score (nSPS) is 14.2. The lowest BCUT2D eigenvalue weighted by Gasteiger charge is -2.27. The summed E-state index contributed by atoms with van der Waals surface area (Å²) >= 11 is 3.45. The minimum atomic E-state index is 0. The maximum Gasteiger partial charge on any atom is 0.228 e. The van der Waals surface area contributed by atoms with Crippen LogP contribution in [0.3, 0.4) is 0 Å². The van der Waals surface area contributed by atoms with Gasteiger partial charge >= 0.3 is 0 Å². The Morgan fingerprint density at radius 2 is 1.85 bits per heavy atom. The lowest BCUT2D eigenvalue weighted by Crippen LogP contribution is -2.39. The Hall–Kier alpha value is -1.64. The number of benzene rings is 2. The SMILES string of the molecule is Cc1cc2nc(N(CCCN3CCOCC3)C(=O)CCCSc3ccccc3)sc2cc1C.Cl. The first-order valence-electron chi connectivity index (χ1n) is 11.8. The Balaban J connectivity index is 0.00000324. The van der Waals surface area contributed by atoms with E-state index in [-0.39, 0.29) is 18.3 Å². The highest BCUT2D eigenvalue weighted by Crippen LogP contribution is 2.31. The molecule has 2 aromatic carbocycles. The molecule has 0 unspecified atom stereocenters. The largest absolute Gasteiger partial charge is 0.379 e. The molecule has 1 aromatic heterocycles.